The number of carbonyl (C=O) groups is 2. The molecule has 4 saturated carbocycles. The van der Waals surface area contributed by atoms with Crippen molar-refractivity contribution in [3.8, 4) is 5.75 Å². The van der Waals surface area contributed by atoms with Gasteiger partial charge in [-0.15, -0.1) is 13.2 Å². The molecule has 310 valence electrons. The molecule has 8 nitrogen and oxygen atoms in total. The number of aliphatic hydroxyl groups is 2. The summed E-state index contributed by atoms with van der Waals surface area (Å²) in [6.07, 6.45) is 9.22. The minimum absolute atomic E-state index is 0.0154. The van der Waals surface area contributed by atoms with E-state index in [1.807, 2.05) is 0 Å². The number of Topliss-reactive ketones (excluding diaryl/α,β-unsaturated/α-hetero) is 1. The highest BCUT2D eigenvalue weighted by Crippen LogP contribution is 2.78. The summed E-state index contributed by atoms with van der Waals surface area (Å²) in [5.74, 6) is 0.549. The quantitative estimate of drug-likeness (QED) is 0.192. The molecule has 11 unspecified atom stereocenters. The lowest BCUT2D eigenvalue weighted by Gasteiger charge is -2.71. The number of aliphatic hydroxyl groups excluding tert-OH is 1. The Morgan fingerprint density at radius 3 is 2.35 bits per heavy atom. The number of alkyl halides is 3. The third-order valence-electron chi connectivity index (χ3n) is 16.2. The summed E-state index contributed by atoms with van der Waals surface area (Å²) in [5.41, 5.74) is -2.26. The Morgan fingerprint density at radius 2 is 1.67 bits per heavy atom. The molecular formula is C46H58F3NO7. The Balaban J connectivity index is 1.15. The van der Waals surface area contributed by atoms with Crippen LogP contribution in [0.25, 0.3) is 0 Å². The number of allylic oxidation sites excluding steroid dienone is 4. The van der Waals surface area contributed by atoms with E-state index in [2.05, 4.69) is 57.6 Å². The maximum atomic E-state index is 14.6. The van der Waals surface area contributed by atoms with Crippen molar-refractivity contribution >= 4 is 11.9 Å². The van der Waals surface area contributed by atoms with Crippen LogP contribution in [0.1, 0.15) is 115 Å². The molecule has 1 aromatic heterocycles. The van der Waals surface area contributed by atoms with Gasteiger partial charge in [-0.1, -0.05) is 71.4 Å². The zero-order chi connectivity index (χ0) is 40.8. The predicted molar refractivity (Wildman–Crippen MR) is 207 cm³/mol. The van der Waals surface area contributed by atoms with E-state index >= 15 is 0 Å². The summed E-state index contributed by atoms with van der Waals surface area (Å²) in [6.45, 7) is 10.9. The van der Waals surface area contributed by atoms with Crippen LogP contribution in [0.15, 0.2) is 70.9 Å². The van der Waals surface area contributed by atoms with Crippen molar-refractivity contribution in [3.63, 3.8) is 0 Å². The van der Waals surface area contributed by atoms with Gasteiger partial charge in [0.15, 0.2) is 5.76 Å². The molecule has 57 heavy (non-hydrogen) atoms. The Morgan fingerprint density at radius 1 is 0.965 bits per heavy atom. The predicted octanol–water partition coefficient (Wildman–Crippen LogP) is 10.1. The second kappa shape index (κ2) is 14.0. The second-order valence-corrected chi connectivity index (χ2v) is 19.4. The van der Waals surface area contributed by atoms with Gasteiger partial charge in [0, 0.05) is 28.4 Å². The summed E-state index contributed by atoms with van der Waals surface area (Å²) < 4.78 is 55.2. The molecule has 2 bridgehead atoms. The fourth-order valence-corrected chi connectivity index (χ4v) is 13.1. The highest BCUT2D eigenvalue weighted by atomic mass is 19.4. The van der Waals surface area contributed by atoms with Gasteiger partial charge in [0.25, 0.3) is 0 Å². The topological polar surface area (TPSA) is 109 Å². The third kappa shape index (κ3) is 6.48. The molecule has 1 heterocycles. The van der Waals surface area contributed by atoms with E-state index < -0.39 is 40.4 Å². The number of ether oxygens (including phenoxy) is 2. The summed E-state index contributed by atoms with van der Waals surface area (Å²) in [5, 5.41) is 24.2. The first-order chi connectivity index (χ1) is 26.8. The molecule has 2 aromatic rings. The number of halogens is 3. The van der Waals surface area contributed by atoms with Gasteiger partial charge in [-0.2, -0.15) is 0 Å². The highest BCUT2D eigenvalue weighted by molar-refractivity contribution is 6.08. The molecule has 0 saturated heterocycles. The molecule has 11 heteroatoms. The van der Waals surface area contributed by atoms with Crippen LogP contribution in [-0.2, 0) is 11.3 Å². The molecule has 7 aliphatic carbocycles. The van der Waals surface area contributed by atoms with Crippen molar-refractivity contribution in [2.45, 2.75) is 130 Å². The number of hydrogen-bond acceptors (Lipinski definition) is 7. The second-order valence-electron chi connectivity index (χ2n) is 19.4. The van der Waals surface area contributed by atoms with Crippen LogP contribution in [0.5, 0.6) is 5.75 Å². The maximum Gasteiger partial charge on any atom is 0.573 e. The van der Waals surface area contributed by atoms with E-state index in [4.69, 9.17) is 9.15 Å². The molecule has 0 radical (unpaired) electrons. The number of amides is 1. The molecular weight excluding hydrogens is 735 g/mol. The van der Waals surface area contributed by atoms with Gasteiger partial charge in [-0.3, -0.25) is 4.79 Å². The van der Waals surface area contributed by atoms with Crippen LogP contribution in [0.2, 0.25) is 0 Å². The molecule has 4 fully saturated rings. The van der Waals surface area contributed by atoms with Gasteiger partial charge in [0.1, 0.15) is 11.9 Å². The monoisotopic (exact) mass is 793 g/mol. The third-order valence-corrected chi connectivity index (χ3v) is 16.2. The molecule has 1 aromatic carbocycles. The van der Waals surface area contributed by atoms with Gasteiger partial charge in [0.05, 0.1) is 24.5 Å². The molecule has 2 spiro atoms. The molecule has 1 amide bonds. The van der Waals surface area contributed by atoms with Crippen LogP contribution >= 0.6 is 0 Å². The number of furan rings is 1. The van der Waals surface area contributed by atoms with Crippen LogP contribution in [-0.4, -0.2) is 57.7 Å². The average molecular weight is 794 g/mol. The summed E-state index contributed by atoms with van der Waals surface area (Å²) in [4.78, 5) is 30.7. The number of hydrogen-bond donors (Lipinski definition) is 2. The van der Waals surface area contributed by atoms with Crippen LogP contribution in [0, 0.1) is 51.2 Å². The lowest BCUT2D eigenvalue weighted by Crippen LogP contribution is -2.67. The average Bonchev–Trinajstić information content (AvgIpc) is 3.77. The standard InChI is InChI=1S/C46H58F3NO7/c1-28(2)33-13-8-29(3)23-36(33)56-40(53)50(26-30-9-11-32(12-10-30)57-46(47,48)49)27-44(54)19-16-38-42(44,5)18-15-37-41(4)17-14-31(51)24-43(41)20-21-45(37,38)34(25-43)39(52)35-7-6-22-55-35/h6-7,9-12,20-22,25,28-29,31,33,36-38,51,54H,8,13-19,23-24,26-27H2,1-5H3. The summed E-state index contributed by atoms with van der Waals surface area (Å²) in [6, 6.07) is 8.90. The number of rotatable bonds is 9. The SMILES string of the molecule is CC1CCC(C(C)C)C(OC(=O)N(Cc2ccc(OC(F)(F)F)cc2)CC2(O)CCC3C45C=CC6(C=C4C(=O)c4ccco4)CC(O)CCC6(C)C5CCC32C)C1. The van der Waals surface area contributed by atoms with E-state index in [1.54, 1.807) is 17.0 Å². The van der Waals surface area contributed by atoms with Crippen molar-refractivity contribution in [2.24, 2.45) is 51.2 Å². The highest BCUT2D eigenvalue weighted by Gasteiger charge is 2.74. The van der Waals surface area contributed by atoms with E-state index in [0.717, 1.165) is 32.1 Å². The van der Waals surface area contributed by atoms with E-state index in [9.17, 15) is 33.0 Å². The van der Waals surface area contributed by atoms with Crippen LogP contribution in [0.4, 0.5) is 18.0 Å². The number of benzene rings is 1. The first-order valence-corrected chi connectivity index (χ1v) is 21.1. The normalized spacial score (nSPS) is 39.5. The van der Waals surface area contributed by atoms with Gasteiger partial charge in [-0.05, 0) is 123 Å². The van der Waals surface area contributed by atoms with Gasteiger partial charge in [0.2, 0.25) is 5.78 Å². The maximum absolute atomic E-state index is 14.6. The minimum Gasteiger partial charge on any atom is -0.461 e. The first-order valence-electron chi connectivity index (χ1n) is 21.1. The van der Waals surface area contributed by atoms with E-state index in [0.29, 0.717) is 55.1 Å². The van der Waals surface area contributed by atoms with Crippen molar-refractivity contribution in [2.75, 3.05) is 6.54 Å². The number of carbonyl (C=O) groups excluding carboxylic acids is 2. The Kier molecular flexibility index (Phi) is 9.90. The van der Waals surface area contributed by atoms with Crippen molar-refractivity contribution in [1.29, 1.82) is 0 Å². The zero-order valence-corrected chi connectivity index (χ0v) is 33.8. The van der Waals surface area contributed by atoms with Crippen LogP contribution in [0.3, 0.4) is 0 Å². The van der Waals surface area contributed by atoms with Crippen molar-refractivity contribution in [3.05, 3.63) is 77.8 Å². The zero-order valence-electron chi connectivity index (χ0n) is 33.8. The number of ketones is 1. The Hall–Kier alpha value is -3.57. The molecule has 11 atom stereocenters. The Labute approximate surface area is 333 Å². The smallest absolute Gasteiger partial charge is 0.461 e. The summed E-state index contributed by atoms with van der Waals surface area (Å²) in [7, 11) is 0. The van der Waals surface area contributed by atoms with Crippen LogP contribution < -0.4 is 4.74 Å². The van der Waals surface area contributed by atoms with E-state index in [1.165, 1.54) is 30.5 Å². The fraction of sp³-hybridized carbons (Fsp3) is 0.652. The van der Waals surface area contributed by atoms with Crippen molar-refractivity contribution < 1.29 is 46.9 Å². The molecule has 0 aliphatic heterocycles. The van der Waals surface area contributed by atoms with Gasteiger partial charge in [-0.25, -0.2) is 4.79 Å². The number of fused-ring (bicyclic) bond motifs is 1. The fourth-order valence-electron chi connectivity index (χ4n) is 13.1. The summed E-state index contributed by atoms with van der Waals surface area (Å²) >= 11 is 0. The van der Waals surface area contributed by atoms with E-state index in [-0.39, 0.29) is 59.7 Å². The Bertz CT molecular complexity index is 1910. The first kappa shape index (κ1) is 40.2. The minimum atomic E-state index is -4.84. The number of nitrogens with zero attached hydrogens (tertiary/aromatic N) is 1. The van der Waals surface area contributed by atoms with Crippen molar-refractivity contribution in [1.82, 2.24) is 4.90 Å². The molecule has 7 aliphatic rings. The van der Waals surface area contributed by atoms with Gasteiger partial charge >= 0.3 is 12.5 Å². The largest absolute Gasteiger partial charge is 0.573 e. The van der Waals surface area contributed by atoms with Gasteiger partial charge < -0.3 is 29.0 Å². The molecule has 2 N–H and O–H groups in total. The lowest BCUT2D eigenvalue weighted by molar-refractivity contribution is -0.274. The molecule has 9 rings (SSSR count). The lowest BCUT2D eigenvalue weighted by atomic mass is 9.32.